The minimum Gasteiger partial charge on any atom is -0.497 e. The second-order valence-corrected chi connectivity index (χ2v) is 6.82. The van der Waals surface area contributed by atoms with Crippen LogP contribution in [-0.2, 0) is 11.3 Å². The molecule has 2 aromatic carbocycles. The van der Waals surface area contributed by atoms with Crippen LogP contribution in [0.25, 0.3) is 0 Å². The van der Waals surface area contributed by atoms with Gasteiger partial charge in [0.05, 0.1) is 19.7 Å². The molecule has 6 heteroatoms. The summed E-state index contributed by atoms with van der Waals surface area (Å²) in [5.74, 6) is 0.741. The van der Waals surface area contributed by atoms with E-state index in [2.05, 4.69) is 5.32 Å². The molecule has 2 aromatic rings. The van der Waals surface area contributed by atoms with Crippen molar-refractivity contribution in [3.63, 3.8) is 0 Å². The Labute approximate surface area is 158 Å². The average Bonchev–Trinajstić information content (AvgIpc) is 2.54. The maximum atomic E-state index is 12.3. The fourth-order valence-corrected chi connectivity index (χ4v) is 3.17. The number of amides is 1. The third kappa shape index (κ3) is 5.92. The summed E-state index contributed by atoms with van der Waals surface area (Å²) in [5.41, 5.74) is 1.93. The smallest absolute Gasteiger partial charge is 0.234 e. The van der Waals surface area contributed by atoms with Crippen molar-refractivity contribution in [2.45, 2.75) is 19.5 Å². The molecule has 0 aromatic heterocycles. The molecule has 1 amide bonds. The van der Waals surface area contributed by atoms with Crippen LogP contribution in [0.15, 0.2) is 42.5 Å². The number of hydrogen-bond donors (Lipinski definition) is 1. The van der Waals surface area contributed by atoms with Crippen molar-refractivity contribution >= 4 is 29.1 Å². The Balaban J connectivity index is 1.90. The molecule has 1 N–H and O–H groups in total. The first-order chi connectivity index (χ1) is 11.9. The van der Waals surface area contributed by atoms with Crippen molar-refractivity contribution in [3.8, 4) is 5.75 Å². The summed E-state index contributed by atoms with van der Waals surface area (Å²) in [6.45, 7) is 2.84. The summed E-state index contributed by atoms with van der Waals surface area (Å²) >= 11 is 12.1. The van der Waals surface area contributed by atoms with Gasteiger partial charge in [0.2, 0.25) is 5.91 Å². The Kier molecular flexibility index (Phi) is 7.12. The van der Waals surface area contributed by atoms with Crippen molar-refractivity contribution < 1.29 is 9.53 Å². The highest BCUT2D eigenvalue weighted by atomic mass is 35.5. The van der Waals surface area contributed by atoms with E-state index in [0.717, 1.165) is 16.9 Å². The summed E-state index contributed by atoms with van der Waals surface area (Å²) in [6, 6.07) is 12.9. The highest BCUT2D eigenvalue weighted by Crippen LogP contribution is 2.26. The Hall–Kier alpha value is -1.75. The van der Waals surface area contributed by atoms with Gasteiger partial charge in [-0.1, -0.05) is 41.4 Å². The maximum absolute atomic E-state index is 12.3. The second-order valence-electron chi connectivity index (χ2n) is 5.98. The highest BCUT2D eigenvalue weighted by molar-refractivity contribution is 6.35. The largest absolute Gasteiger partial charge is 0.497 e. The van der Waals surface area contributed by atoms with Gasteiger partial charge in [-0.05, 0) is 49.4 Å². The van der Waals surface area contributed by atoms with E-state index in [1.807, 2.05) is 49.2 Å². The van der Waals surface area contributed by atoms with Gasteiger partial charge in [0.1, 0.15) is 5.75 Å². The minimum absolute atomic E-state index is 0.0658. The molecule has 0 bridgehead atoms. The van der Waals surface area contributed by atoms with Crippen molar-refractivity contribution in [3.05, 3.63) is 63.6 Å². The summed E-state index contributed by atoms with van der Waals surface area (Å²) in [6.07, 6.45) is 0. The fraction of sp³-hybridized carbons (Fsp3) is 0.316. The molecule has 0 aliphatic carbocycles. The molecule has 0 aliphatic rings. The standard InChI is InChI=1S/C19H22Cl2N2O2/c1-13(17-8-7-15(20)10-18(17)21)22-19(24)12-23(2)11-14-5-4-6-16(9-14)25-3/h4-10,13H,11-12H2,1-3H3,(H,22,24). The predicted molar refractivity (Wildman–Crippen MR) is 102 cm³/mol. The van der Waals surface area contributed by atoms with Gasteiger partial charge in [0.25, 0.3) is 0 Å². The molecule has 2 rings (SSSR count). The molecular weight excluding hydrogens is 359 g/mol. The van der Waals surface area contributed by atoms with Gasteiger partial charge in [0, 0.05) is 16.6 Å². The molecule has 1 atom stereocenters. The van der Waals surface area contributed by atoms with E-state index in [-0.39, 0.29) is 18.5 Å². The van der Waals surface area contributed by atoms with Crippen LogP contribution in [0, 0.1) is 0 Å². The van der Waals surface area contributed by atoms with Gasteiger partial charge in [-0.2, -0.15) is 0 Å². The number of methoxy groups -OCH3 is 1. The van der Waals surface area contributed by atoms with Crippen molar-refractivity contribution in [2.24, 2.45) is 0 Å². The summed E-state index contributed by atoms with van der Waals surface area (Å²) < 4.78 is 5.22. The molecule has 1 unspecified atom stereocenters. The number of ether oxygens (including phenoxy) is 1. The first-order valence-corrected chi connectivity index (χ1v) is 8.70. The first kappa shape index (κ1) is 19.6. The third-order valence-corrected chi connectivity index (χ3v) is 4.37. The van der Waals surface area contributed by atoms with Crippen LogP contribution < -0.4 is 10.1 Å². The average molecular weight is 381 g/mol. The van der Waals surface area contributed by atoms with Gasteiger partial charge in [-0.25, -0.2) is 0 Å². The number of halogens is 2. The summed E-state index contributed by atoms with van der Waals surface area (Å²) in [5, 5.41) is 4.08. The number of nitrogens with zero attached hydrogens (tertiary/aromatic N) is 1. The lowest BCUT2D eigenvalue weighted by molar-refractivity contribution is -0.122. The molecule has 25 heavy (non-hydrogen) atoms. The lowest BCUT2D eigenvalue weighted by Crippen LogP contribution is -2.36. The molecule has 0 heterocycles. The van der Waals surface area contributed by atoms with E-state index in [4.69, 9.17) is 27.9 Å². The van der Waals surface area contributed by atoms with Gasteiger partial charge in [-0.15, -0.1) is 0 Å². The van der Waals surface area contributed by atoms with Crippen molar-refractivity contribution in [1.82, 2.24) is 10.2 Å². The second kappa shape index (κ2) is 9.09. The van der Waals surface area contributed by atoms with Gasteiger partial charge >= 0.3 is 0 Å². The van der Waals surface area contributed by atoms with E-state index in [1.165, 1.54) is 0 Å². The van der Waals surface area contributed by atoms with Crippen molar-refractivity contribution in [2.75, 3.05) is 20.7 Å². The maximum Gasteiger partial charge on any atom is 0.234 e. The molecule has 0 fully saturated rings. The fourth-order valence-electron chi connectivity index (χ4n) is 2.60. The van der Waals surface area contributed by atoms with Gasteiger partial charge < -0.3 is 10.1 Å². The third-order valence-electron chi connectivity index (χ3n) is 3.81. The summed E-state index contributed by atoms with van der Waals surface area (Å²) in [7, 11) is 3.54. The molecule has 0 aliphatic heterocycles. The molecular formula is C19H22Cl2N2O2. The lowest BCUT2D eigenvalue weighted by Gasteiger charge is -2.20. The van der Waals surface area contributed by atoms with E-state index in [1.54, 1.807) is 19.2 Å². The topological polar surface area (TPSA) is 41.6 Å². The normalized spacial score (nSPS) is 12.1. The number of nitrogens with one attached hydrogen (secondary N) is 1. The molecule has 4 nitrogen and oxygen atoms in total. The quantitative estimate of drug-likeness (QED) is 0.777. The Morgan fingerprint density at radius 2 is 2.00 bits per heavy atom. The molecule has 0 saturated heterocycles. The van der Waals surface area contributed by atoms with Gasteiger partial charge in [-0.3, -0.25) is 9.69 Å². The van der Waals surface area contributed by atoms with Crippen LogP contribution in [0.1, 0.15) is 24.1 Å². The number of likely N-dealkylation sites (N-methyl/N-ethyl adjacent to an activating group) is 1. The van der Waals surface area contributed by atoms with Crippen LogP contribution in [-0.4, -0.2) is 31.5 Å². The van der Waals surface area contributed by atoms with Crippen LogP contribution >= 0.6 is 23.2 Å². The van der Waals surface area contributed by atoms with Crippen LogP contribution in [0.4, 0.5) is 0 Å². The molecule has 0 radical (unpaired) electrons. The summed E-state index contributed by atoms with van der Waals surface area (Å²) in [4.78, 5) is 14.2. The number of hydrogen-bond acceptors (Lipinski definition) is 3. The zero-order valence-electron chi connectivity index (χ0n) is 14.6. The van der Waals surface area contributed by atoms with Gasteiger partial charge in [0.15, 0.2) is 0 Å². The Morgan fingerprint density at radius 3 is 2.68 bits per heavy atom. The van der Waals surface area contributed by atoms with Crippen molar-refractivity contribution in [1.29, 1.82) is 0 Å². The number of carbonyl (C=O) groups is 1. The van der Waals surface area contributed by atoms with Crippen LogP contribution in [0.2, 0.25) is 10.0 Å². The minimum atomic E-state index is -0.192. The molecule has 0 saturated carbocycles. The van der Waals surface area contributed by atoms with Crippen LogP contribution in [0.3, 0.4) is 0 Å². The monoisotopic (exact) mass is 380 g/mol. The highest BCUT2D eigenvalue weighted by Gasteiger charge is 2.14. The number of carbonyl (C=O) groups excluding carboxylic acids is 1. The SMILES string of the molecule is COc1cccc(CN(C)CC(=O)NC(C)c2ccc(Cl)cc2Cl)c1. The number of rotatable bonds is 7. The Morgan fingerprint density at radius 1 is 1.24 bits per heavy atom. The first-order valence-electron chi connectivity index (χ1n) is 7.95. The Bertz CT molecular complexity index is 737. The van der Waals surface area contributed by atoms with E-state index >= 15 is 0 Å². The molecule has 0 spiro atoms. The zero-order valence-corrected chi connectivity index (χ0v) is 16.1. The number of benzene rings is 2. The van der Waals surface area contributed by atoms with E-state index < -0.39 is 0 Å². The molecule has 134 valence electrons. The predicted octanol–water partition coefficient (Wildman–Crippen LogP) is 4.31. The van der Waals surface area contributed by atoms with Crippen LogP contribution in [0.5, 0.6) is 5.75 Å². The zero-order chi connectivity index (χ0) is 18.4. The lowest BCUT2D eigenvalue weighted by atomic mass is 10.1. The van der Waals surface area contributed by atoms with E-state index in [0.29, 0.717) is 16.6 Å². The van der Waals surface area contributed by atoms with E-state index in [9.17, 15) is 4.79 Å².